The maximum absolute atomic E-state index is 10.6. The van der Waals surface area contributed by atoms with E-state index in [1.165, 1.54) is 19.2 Å². The molecule has 0 saturated heterocycles. The number of nitrogens with one attached hydrogen (secondary N) is 1. The van der Waals surface area contributed by atoms with E-state index in [4.69, 9.17) is 11.2 Å². The zero-order valence-corrected chi connectivity index (χ0v) is 8.90. The Morgan fingerprint density at radius 3 is 2.88 bits per heavy atom. The fourth-order valence-electron chi connectivity index (χ4n) is 1.19. The first-order valence-corrected chi connectivity index (χ1v) is 4.68. The molecule has 0 atom stereocenters. The molecule has 5 nitrogen and oxygen atoms in total. The van der Waals surface area contributed by atoms with E-state index in [9.17, 15) is 10.1 Å². The monoisotopic (exact) mass is 220 g/mol. The third-order valence-electron chi connectivity index (χ3n) is 1.94. The summed E-state index contributed by atoms with van der Waals surface area (Å²) in [6.45, 7) is 0.570. The minimum absolute atomic E-state index is 0.0115. The topological polar surface area (TPSA) is 64.4 Å². The SMILES string of the molecule is C#CCCNc1cc(OC)cc([N+](=O)[O-])c1. The number of terminal acetylenes is 1. The largest absolute Gasteiger partial charge is 0.496 e. The van der Waals surface area contributed by atoms with Crippen LogP contribution < -0.4 is 10.1 Å². The number of hydrogen-bond donors (Lipinski definition) is 1. The second-order valence-electron chi connectivity index (χ2n) is 3.06. The van der Waals surface area contributed by atoms with Crippen molar-refractivity contribution in [2.75, 3.05) is 19.0 Å². The van der Waals surface area contributed by atoms with Crippen LogP contribution in [0.4, 0.5) is 11.4 Å². The van der Waals surface area contributed by atoms with Gasteiger partial charge in [0, 0.05) is 30.8 Å². The Bertz CT molecular complexity index is 424. The molecular weight excluding hydrogens is 208 g/mol. The van der Waals surface area contributed by atoms with Crippen LogP contribution in [0.25, 0.3) is 0 Å². The highest BCUT2D eigenvalue weighted by Gasteiger charge is 2.09. The third kappa shape index (κ3) is 3.17. The Balaban J connectivity index is 2.87. The van der Waals surface area contributed by atoms with Gasteiger partial charge in [-0.25, -0.2) is 0 Å². The van der Waals surface area contributed by atoms with E-state index < -0.39 is 4.92 Å². The first-order valence-electron chi connectivity index (χ1n) is 4.68. The number of nitro groups is 1. The van der Waals surface area contributed by atoms with Crippen molar-refractivity contribution >= 4 is 11.4 Å². The minimum atomic E-state index is -0.463. The molecule has 84 valence electrons. The van der Waals surface area contributed by atoms with Crippen molar-refractivity contribution in [3.05, 3.63) is 28.3 Å². The lowest BCUT2D eigenvalue weighted by Gasteiger charge is -2.06. The molecule has 0 amide bonds. The second-order valence-corrected chi connectivity index (χ2v) is 3.06. The highest BCUT2D eigenvalue weighted by molar-refractivity contribution is 5.56. The van der Waals surface area contributed by atoms with Crippen LogP contribution in [0, 0.1) is 22.5 Å². The Labute approximate surface area is 93.6 Å². The van der Waals surface area contributed by atoms with Crippen LogP contribution in [-0.4, -0.2) is 18.6 Å². The van der Waals surface area contributed by atoms with Gasteiger partial charge in [0.2, 0.25) is 0 Å². The van der Waals surface area contributed by atoms with Gasteiger partial charge >= 0.3 is 0 Å². The first-order chi connectivity index (χ1) is 7.67. The summed E-state index contributed by atoms with van der Waals surface area (Å²) in [6, 6.07) is 4.49. The molecule has 16 heavy (non-hydrogen) atoms. The Morgan fingerprint density at radius 2 is 2.31 bits per heavy atom. The molecule has 0 heterocycles. The van der Waals surface area contributed by atoms with Crippen LogP contribution >= 0.6 is 0 Å². The van der Waals surface area contributed by atoms with Crippen LogP contribution in [0.15, 0.2) is 18.2 Å². The zero-order chi connectivity index (χ0) is 12.0. The molecule has 0 aliphatic carbocycles. The molecular formula is C11H12N2O3. The van der Waals surface area contributed by atoms with Crippen molar-refractivity contribution in [1.82, 2.24) is 0 Å². The summed E-state index contributed by atoms with van der Waals surface area (Å²) < 4.78 is 4.97. The highest BCUT2D eigenvalue weighted by Crippen LogP contribution is 2.25. The average Bonchev–Trinajstić information content (AvgIpc) is 2.29. The summed E-state index contributed by atoms with van der Waals surface area (Å²) in [5.74, 6) is 2.92. The van der Waals surface area contributed by atoms with Crippen molar-refractivity contribution in [3.63, 3.8) is 0 Å². The molecule has 0 bridgehead atoms. The predicted molar refractivity (Wildman–Crippen MR) is 61.6 cm³/mol. The van der Waals surface area contributed by atoms with E-state index in [-0.39, 0.29) is 5.69 Å². The standard InChI is InChI=1S/C11H12N2O3/c1-3-4-5-12-9-6-10(13(14)15)8-11(7-9)16-2/h1,6-8,12H,4-5H2,2H3. The summed E-state index contributed by atoms with van der Waals surface area (Å²) in [5.41, 5.74) is 0.615. The number of nitrogens with zero attached hydrogens (tertiary/aromatic N) is 1. The van der Waals surface area contributed by atoms with E-state index in [2.05, 4.69) is 11.2 Å². The summed E-state index contributed by atoms with van der Waals surface area (Å²) >= 11 is 0. The molecule has 1 aromatic rings. The van der Waals surface area contributed by atoms with Crippen LogP contribution in [-0.2, 0) is 0 Å². The number of hydrogen-bond acceptors (Lipinski definition) is 4. The molecule has 1 N–H and O–H groups in total. The summed E-state index contributed by atoms with van der Waals surface area (Å²) in [7, 11) is 1.46. The van der Waals surface area contributed by atoms with Crippen LogP contribution in [0.1, 0.15) is 6.42 Å². The molecule has 0 saturated carbocycles. The molecule has 0 aliphatic rings. The maximum Gasteiger partial charge on any atom is 0.275 e. The lowest BCUT2D eigenvalue weighted by molar-refractivity contribution is -0.384. The number of rotatable bonds is 5. The fourth-order valence-corrected chi connectivity index (χ4v) is 1.19. The maximum atomic E-state index is 10.6. The smallest absolute Gasteiger partial charge is 0.275 e. The van der Waals surface area contributed by atoms with Crippen molar-refractivity contribution in [1.29, 1.82) is 0 Å². The molecule has 0 fully saturated rings. The number of non-ortho nitro benzene ring substituents is 1. The van der Waals surface area contributed by atoms with Crippen LogP contribution in [0.3, 0.4) is 0 Å². The van der Waals surface area contributed by atoms with Gasteiger partial charge in [-0.15, -0.1) is 12.3 Å². The van der Waals surface area contributed by atoms with Crippen molar-refractivity contribution in [2.45, 2.75) is 6.42 Å². The van der Waals surface area contributed by atoms with Gasteiger partial charge in [-0.3, -0.25) is 10.1 Å². The molecule has 0 spiro atoms. The normalized spacial score (nSPS) is 9.25. The van der Waals surface area contributed by atoms with E-state index in [1.807, 2.05) is 0 Å². The zero-order valence-electron chi connectivity index (χ0n) is 8.90. The van der Waals surface area contributed by atoms with E-state index >= 15 is 0 Å². The Hall–Kier alpha value is -2.22. The van der Waals surface area contributed by atoms with Gasteiger partial charge in [0.1, 0.15) is 5.75 Å². The van der Waals surface area contributed by atoms with Gasteiger partial charge in [0.25, 0.3) is 5.69 Å². The molecule has 0 unspecified atom stereocenters. The molecule has 0 aromatic heterocycles. The average molecular weight is 220 g/mol. The molecule has 0 radical (unpaired) electrons. The van der Waals surface area contributed by atoms with Gasteiger partial charge in [-0.1, -0.05) is 0 Å². The summed E-state index contributed by atoms with van der Waals surface area (Å²) in [4.78, 5) is 10.2. The van der Waals surface area contributed by atoms with E-state index in [0.29, 0.717) is 24.4 Å². The van der Waals surface area contributed by atoms with E-state index in [1.54, 1.807) is 6.07 Å². The van der Waals surface area contributed by atoms with Gasteiger partial charge in [0.05, 0.1) is 18.1 Å². The van der Waals surface area contributed by atoms with Gasteiger partial charge in [0.15, 0.2) is 0 Å². The van der Waals surface area contributed by atoms with Crippen LogP contribution in [0.2, 0.25) is 0 Å². The predicted octanol–water partition coefficient (Wildman–Crippen LogP) is 2.04. The second kappa shape index (κ2) is 5.61. The van der Waals surface area contributed by atoms with Gasteiger partial charge in [-0.2, -0.15) is 0 Å². The molecule has 1 aromatic carbocycles. The first kappa shape index (κ1) is 11.9. The summed E-state index contributed by atoms with van der Waals surface area (Å²) in [5, 5.41) is 13.6. The van der Waals surface area contributed by atoms with Crippen molar-refractivity contribution in [2.24, 2.45) is 0 Å². The molecule has 5 heteroatoms. The Kier molecular flexibility index (Phi) is 4.16. The number of methoxy groups -OCH3 is 1. The third-order valence-corrected chi connectivity index (χ3v) is 1.94. The number of ether oxygens (including phenoxy) is 1. The van der Waals surface area contributed by atoms with E-state index in [0.717, 1.165) is 0 Å². The highest BCUT2D eigenvalue weighted by atomic mass is 16.6. The van der Waals surface area contributed by atoms with Crippen molar-refractivity contribution in [3.8, 4) is 18.1 Å². The Morgan fingerprint density at radius 1 is 1.56 bits per heavy atom. The number of nitro benzene ring substituents is 1. The lowest BCUT2D eigenvalue weighted by atomic mass is 10.2. The number of benzene rings is 1. The van der Waals surface area contributed by atoms with Crippen molar-refractivity contribution < 1.29 is 9.66 Å². The van der Waals surface area contributed by atoms with Gasteiger partial charge < -0.3 is 10.1 Å². The molecule has 1 rings (SSSR count). The number of anilines is 1. The fraction of sp³-hybridized carbons (Fsp3) is 0.273. The molecule has 0 aliphatic heterocycles. The van der Waals surface area contributed by atoms with Gasteiger partial charge in [-0.05, 0) is 0 Å². The minimum Gasteiger partial charge on any atom is -0.496 e. The lowest BCUT2D eigenvalue weighted by Crippen LogP contribution is -2.01. The van der Waals surface area contributed by atoms with Crippen LogP contribution in [0.5, 0.6) is 5.75 Å². The summed E-state index contributed by atoms with van der Waals surface area (Å²) in [6.07, 6.45) is 5.66. The quantitative estimate of drug-likeness (QED) is 0.357.